The van der Waals surface area contributed by atoms with Crippen molar-refractivity contribution in [2.75, 3.05) is 6.61 Å². The Morgan fingerprint density at radius 1 is 1.07 bits per heavy atom. The summed E-state index contributed by atoms with van der Waals surface area (Å²) in [6.07, 6.45) is -3.33. The Labute approximate surface area is 157 Å². The number of esters is 1. The first-order valence-electron chi connectivity index (χ1n) is 8.27. The maximum atomic E-state index is 12.3. The molecule has 3 aromatic rings. The van der Waals surface area contributed by atoms with Crippen LogP contribution < -0.4 is 10.3 Å². The summed E-state index contributed by atoms with van der Waals surface area (Å²) in [6, 6.07) is 11.9. The second-order valence-electron chi connectivity index (χ2n) is 5.85. The molecule has 0 amide bonds. The zero-order valence-electron chi connectivity index (χ0n) is 14.5. The van der Waals surface area contributed by atoms with Crippen LogP contribution in [0.25, 0.3) is 10.8 Å². The maximum absolute atomic E-state index is 12.3. The lowest BCUT2D eigenvalue weighted by Crippen LogP contribution is -2.25. The predicted molar refractivity (Wildman–Crippen MR) is 93.8 cm³/mol. The number of alkyl halides is 3. The highest BCUT2D eigenvalue weighted by Gasteiger charge is 2.30. The van der Waals surface area contributed by atoms with Crippen molar-refractivity contribution in [1.82, 2.24) is 9.78 Å². The van der Waals surface area contributed by atoms with Crippen molar-refractivity contribution in [3.8, 4) is 5.75 Å². The van der Waals surface area contributed by atoms with Crippen molar-refractivity contribution >= 4 is 16.7 Å². The molecule has 146 valence electrons. The van der Waals surface area contributed by atoms with Gasteiger partial charge in [0.15, 0.2) is 0 Å². The fourth-order valence-corrected chi connectivity index (χ4v) is 2.56. The standard InChI is InChI=1S/C19H15F3N2O4/c20-19(21,22)28-15-7-5-13(6-8-15)11-17(25)27-10-9-24-18(26)16-4-2-1-3-14(16)12-23-24/h1-8,12H,9-11H2. The van der Waals surface area contributed by atoms with Crippen LogP contribution in [0.2, 0.25) is 0 Å². The minimum atomic E-state index is -4.77. The molecule has 1 heterocycles. The van der Waals surface area contributed by atoms with E-state index in [0.29, 0.717) is 10.9 Å². The van der Waals surface area contributed by atoms with Gasteiger partial charge in [-0.05, 0) is 23.8 Å². The maximum Gasteiger partial charge on any atom is 0.573 e. The number of nitrogens with zero attached hydrogens (tertiary/aromatic N) is 2. The van der Waals surface area contributed by atoms with Gasteiger partial charge in [0.1, 0.15) is 12.4 Å². The van der Waals surface area contributed by atoms with E-state index in [4.69, 9.17) is 4.74 Å². The minimum absolute atomic E-state index is 0.0562. The van der Waals surface area contributed by atoms with E-state index in [1.165, 1.54) is 16.8 Å². The van der Waals surface area contributed by atoms with Gasteiger partial charge in [0, 0.05) is 5.39 Å². The van der Waals surface area contributed by atoms with Gasteiger partial charge in [-0.3, -0.25) is 9.59 Å². The van der Waals surface area contributed by atoms with Crippen molar-refractivity contribution in [3.63, 3.8) is 0 Å². The molecular weight excluding hydrogens is 377 g/mol. The monoisotopic (exact) mass is 392 g/mol. The Morgan fingerprint density at radius 2 is 1.79 bits per heavy atom. The third-order valence-electron chi connectivity index (χ3n) is 3.83. The molecule has 0 radical (unpaired) electrons. The highest BCUT2D eigenvalue weighted by Crippen LogP contribution is 2.22. The molecule has 0 saturated heterocycles. The van der Waals surface area contributed by atoms with E-state index in [2.05, 4.69) is 9.84 Å². The molecule has 3 rings (SSSR count). The van der Waals surface area contributed by atoms with E-state index in [9.17, 15) is 22.8 Å². The van der Waals surface area contributed by atoms with Crippen molar-refractivity contribution in [2.45, 2.75) is 19.3 Å². The second kappa shape index (κ2) is 8.12. The predicted octanol–water partition coefficient (Wildman–Crippen LogP) is 3.08. The largest absolute Gasteiger partial charge is 0.573 e. The molecule has 0 unspecified atom stereocenters. The van der Waals surface area contributed by atoms with Crippen molar-refractivity contribution in [2.24, 2.45) is 0 Å². The normalized spacial score (nSPS) is 11.4. The van der Waals surface area contributed by atoms with Gasteiger partial charge in [0.05, 0.1) is 24.5 Å². The molecular formula is C19H15F3N2O4. The average molecular weight is 392 g/mol. The number of carbonyl (C=O) groups excluding carboxylic acids is 1. The lowest BCUT2D eigenvalue weighted by atomic mass is 10.1. The lowest BCUT2D eigenvalue weighted by Gasteiger charge is -2.09. The van der Waals surface area contributed by atoms with Crippen LogP contribution >= 0.6 is 0 Å². The summed E-state index contributed by atoms with van der Waals surface area (Å²) < 4.78 is 46.4. The summed E-state index contributed by atoms with van der Waals surface area (Å²) >= 11 is 0. The van der Waals surface area contributed by atoms with Gasteiger partial charge in [-0.2, -0.15) is 5.10 Å². The number of fused-ring (bicyclic) bond motifs is 1. The van der Waals surface area contributed by atoms with Crippen LogP contribution in [-0.4, -0.2) is 28.7 Å². The van der Waals surface area contributed by atoms with Crippen molar-refractivity contribution < 1.29 is 27.4 Å². The Bertz CT molecular complexity index is 1030. The summed E-state index contributed by atoms with van der Waals surface area (Å²) in [5, 5.41) is 5.27. The molecule has 0 bridgehead atoms. The van der Waals surface area contributed by atoms with E-state index in [-0.39, 0.29) is 30.9 Å². The Morgan fingerprint density at radius 3 is 2.50 bits per heavy atom. The summed E-state index contributed by atoms with van der Waals surface area (Å²) in [6.45, 7) is 0.0348. The quantitative estimate of drug-likeness (QED) is 0.603. The number of aromatic nitrogens is 2. The van der Waals surface area contributed by atoms with Crippen LogP contribution in [0.1, 0.15) is 5.56 Å². The van der Waals surface area contributed by atoms with Crippen LogP contribution in [0.4, 0.5) is 13.2 Å². The number of carbonyl (C=O) groups is 1. The van der Waals surface area contributed by atoms with Gasteiger partial charge < -0.3 is 9.47 Å². The van der Waals surface area contributed by atoms with Gasteiger partial charge in [0.25, 0.3) is 5.56 Å². The Balaban J connectivity index is 1.52. The first kappa shape index (κ1) is 19.4. The molecule has 0 fully saturated rings. The van der Waals surface area contributed by atoms with E-state index in [1.807, 2.05) is 0 Å². The van der Waals surface area contributed by atoms with Gasteiger partial charge in [-0.25, -0.2) is 4.68 Å². The third-order valence-corrected chi connectivity index (χ3v) is 3.83. The molecule has 0 saturated carbocycles. The van der Waals surface area contributed by atoms with E-state index >= 15 is 0 Å². The van der Waals surface area contributed by atoms with Gasteiger partial charge in [-0.15, -0.1) is 13.2 Å². The number of halogens is 3. The third kappa shape index (κ3) is 5.09. The summed E-state index contributed by atoms with van der Waals surface area (Å²) in [5.41, 5.74) is 0.190. The van der Waals surface area contributed by atoms with Crippen LogP contribution in [0.5, 0.6) is 5.75 Å². The van der Waals surface area contributed by atoms with Gasteiger partial charge >= 0.3 is 12.3 Å². The number of rotatable bonds is 6. The summed E-state index contributed by atoms with van der Waals surface area (Å²) in [7, 11) is 0. The van der Waals surface area contributed by atoms with E-state index < -0.39 is 12.3 Å². The molecule has 6 nitrogen and oxygen atoms in total. The van der Waals surface area contributed by atoms with Crippen molar-refractivity contribution in [3.05, 3.63) is 70.6 Å². The fourth-order valence-electron chi connectivity index (χ4n) is 2.56. The molecule has 9 heteroatoms. The van der Waals surface area contributed by atoms with Crippen LogP contribution in [0.15, 0.2) is 59.5 Å². The van der Waals surface area contributed by atoms with Gasteiger partial charge in [0.2, 0.25) is 0 Å². The minimum Gasteiger partial charge on any atom is -0.463 e. The van der Waals surface area contributed by atoms with Crippen LogP contribution in [0.3, 0.4) is 0 Å². The molecule has 0 aliphatic carbocycles. The molecule has 0 aliphatic rings. The molecule has 2 aromatic carbocycles. The van der Waals surface area contributed by atoms with Crippen LogP contribution in [0, 0.1) is 0 Å². The molecule has 28 heavy (non-hydrogen) atoms. The Kier molecular flexibility index (Phi) is 5.62. The highest BCUT2D eigenvalue weighted by molar-refractivity contribution is 5.80. The number of hydrogen-bond acceptors (Lipinski definition) is 5. The SMILES string of the molecule is O=C(Cc1ccc(OC(F)(F)F)cc1)OCCn1ncc2ccccc2c1=O. The first-order chi connectivity index (χ1) is 13.3. The number of hydrogen-bond donors (Lipinski definition) is 0. The molecule has 0 atom stereocenters. The van der Waals surface area contributed by atoms with Gasteiger partial charge in [-0.1, -0.05) is 30.3 Å². The topological polar surface area (TPSA) is 70.4 Å². The van der Waals surface area contributed by atoms with E-state index in [1.54, 1.807) is 30.5 Å². The highest BCUT2D eigenvalue weighted by atomic mass is 19.4. The zero-order valence-corrected chi connectivity index (χ0v) is 14.5. The van der Waals surface area contributed by atoms with E-state index in [0.717, 1.165) is 17.5 Å². The number of benzene rings is 2. The molecule has 0 N–H and O–H groups in total. The first-order valence-corrected chi connectivity index (χ1v) is 8.27. The summed E-state index contributed by atoms with van der Waals surface area (Å²) in [4.78, 5) is 24.2. The summed E-state index contributed by atoms with van der Waals surface area (Å²) in [5.74, 6) is -0.940. The molecule has 0 spiro atoms. The average Bonchev–Trinajstić information content (AvgIpc) is 2.64. The number of ether oxygens (including phenoxy) is 2. The van der Waals surface area contributed by atoms with Crippen molar-refractivity contribution in [1.29, 1.82) is 0 Å². The fraction of sp³-hybridized carbons (Fsp3) is 0.211. The molecule has 1 aromatic heterocycles. The van der Waals surface area contributed by atoms with Crippen LogP contribution in [-0.2, 0) is 22.5 Å². The molecule has 0 aliphatic heterocycles. The smallest absolute Gasteiger partial charge is 0.463 e. The zero-order chi connectivity index (χ0) is 20.1. The second-order valence-corrected chi connectivity index (χ2v) is 5.85. The lowest BCUT2D eigenvalue weighted by molar-refractivity contribution is -0.274. The Hall–Kier alpha value is -3.36.